The maximum atomic E-state index is 12.4. The number of rotatable bonds is 2. The molecule has 0 radical (unpaired) electrons. The summed E-state index contributed by atoms with van der Waals surface area (Å²) in [7, 11) is 1.66. The first kappa shape index (κ1) is 14.5. The summed E-state index contributed by atoms with van der Waals surface area (Å²) in [6.07, 6.45) is 2.97. The minimum absolute atomic E-state index is 0.193. The number of nitrogens with zero attached hydrogens (tertiary/aromatic N) is 2. The van der Waals surface area contributed by atoms with Crippen LogP contribution in [0.4, 0.5) is 4.79 Å². The zero-order chi connectivity index (χ0) is 14.0. The highest BCUT2D eigenvalue weighted by Crippen LogP contribution is 2.26. The first-order valence-corrected chi connectivity index (χ1v) is 7.70. The Hall–Kier alpha value is -0.950. The molecule has 7 heteroatoms. The third-order valence-electron chi connectivity index (χ3n) is 3.91. The van der Waals surface area contributed by atoms with Crippen molar-refractivity contribution >= 4 is 23.8 Å². The van der Waals surface area contributed by atoms with E-state index in [0.29, 0.717) is 18.1 Å². The van der Waals surface area contributed by atoms with Crippen molar-refractivity contribution in [2.75, 3.05) is 18.7 Å². The average molecular weight is 288 g/mol. The molecule has 0 spiro atoms. The Morgan fingerprint density at radius 1 is 1.32 bits per heavy atom. The van der Waals surface area contributed by atoms with Gasteiger partial charge in [0, 0.05) is 12.8 Å². The van der Waals surface area contributed by atoms with Gasteiger partial charge in [-0.25, -0.2) is 9.59 Å². The number of carboxylic acid groups (broad SMARTS) is 1. The van der Waals surface area contributed by atoms with Gasteiger partial charge in [0.1, 0.15) is 6.04 Å². The van der Waals surface area contributed by atoms with Crippen LogP contribution in [0.5, 0.6) is 0 Å². The molecule has 2 amide bonds. The van der Waals surface area contributed by atoms with E-state index in [0.717, 1.165) is 19.3 Å². The Balaban J connectivity index is 2.03. The van der Waals surface area contributed by atoms with Crippen LogP contribution >= 0.6 is 11.8 Å². The predicted octanol–water partition coefficient (Wildman–Crippen LogP) is 0.801. The van der Waals surface area contributed by atoms with E-state index in [2.05, 4.69) is 0 Å². The third kappa shape index (κ3) is 2.97. The molecule has 1 aliphatic heterocycles. The van der Waals surface area contributed by atoms with Gasteiger partial charge < -0.3 is 20.0 Å². The maximum absolute atomic E-state index is 12.4. The summed E-state index contributed by atoms with van der Waals surface area (Å²) in [5.74, 6) is -0.124. The van der Waals surface area contributed by atoms with Crippen molar-refractivity contribution in [3.63, 3.8) is 0 Å². The number of thioether (sulfide) groups is 1. The molecule has 0 bridgehead atoms. The lowest BCUT2D eigenvalue weighted by atomic mass is 9.92. The molecule has 108 valence electrons. The van der Waals surface area contributed by atoms with Crippen molar-refractivity contribution in [3.05, 3.63) is 0 Å². The van der Waals surface area contributed by atoms with Gasteiger partial charge in [0.25, 0.3) is 0 Å². The van der Waals surface area contributed by atoms with Crippen LogP contribution in [0.25, 0.3) is 0 Å². The topological polar surface area (TPSA) is 81.1 Å². The summed E-state index contributed by atoms with van der Waals surface area (Å²) < 4.78 is 0. The number of aliphatic hydroxyl groups is 1. The molecule has 1 saturated carbocycles. The molecule has 19 heavy (non-hydrogen) atoms. The SMILES string of the molecule is CN(C(=O)N1CSCC1C(=O)O)C1CCCCC1O. The van der Waals surface area contributed by atoms with Gasteiger partial charge in [-0.15, -0.1) is 11.8 Å². The van der Waals surface area contributed by atoms with E-state index in [1.165, 1.54) is 21.6 Å². The first-order valence-electron chi connectivity index (χ1n) is 6.54. The second-order valence-electron chi connectivity index (χ2n) is 5.14. The summed E-state index contributed by atoms with van der Waals surface area (Å²) in [5, 5.41) is 19.1. The summed E-state index contributed by atoms with van der Waals surface area (Å²) >= 11 is 1.45. The lowest BCUT2D eigenvalue weighted by Crippen LogP contribution is -2.53. The van der Waals surface area contributed by atoms with E-state index in [9.17, 15) is 14.7 Å². The summed E-state index contributed by atoms with van der Waals surface area (Å²) in [4.78, 5) is 26.4. The number of carbonyl (C=O) groups is 2. The van der Waals surface area contributed by atoms with Crippen molar-refractivity contribution in [2.24, 2.45) is 0 Å². The molecule has 6 nitrogen and oxygen atoms in total. The predicted molar refractivity (Wildman–Crippen MR) is 72.0 cm³/mol. The Kier molecular flexibility index (Phi) is 4.57. The molecule has 0 aromatic heterocycles. The van der Waals surface area contributed by atoms with Gasteiger partial charge >= 0.3 is 12.0 Å². The van der Waals surface area contributed by atoms with Gasteiger partial charge in [-0.2, -0.15) is 0 Å². The van der Waals surface area contributed by atoms with Gasteiger partial charge in [0.15, 0.2) is 0 Å². The monoisotopic (exact) mass is 288 g/mol. The summed E-state index contributed by atoms with van der Waals surface area (Å²) in [6.45, 7) is 0. The molecule has 2 fully saturated rings. The van der Waals surface area contributed by atoms with Crippen LogP contribution in [-0.4, -0.2) is 68.9 Å². The molecule has 3 atom stereocenters. The van der Waals surface area contributed by atoms with Crippen LogP contribution in [0.2, 0.25) is 0 Å². The number of aliphatic hydroxyl groups excluding tert-OH is 1. The molecule has 1 heterocycles. The highest BCUT2D eigenvalue weighted by Gasteiger charge is 2.39. The molecule has 2 N–H and O–H groups in total. The molecule has 0 aromatic rings. The normalized spacial score (nSPS) is 31.3. The lowest BCUT2D eigenvalue weighted by Gasteiger charge is -2.37. The lowest BCUT2D eigenvalue weighted by molar-refractivity contribution is -0.141. The minimum atomic E-state index is -0.962. The van der Waals surface area contributed by atoms with Crippen molar-refractivity contribution < 1.29 is 19.8 Å². The Morgan fingerprint density at radius 3 is 2.63 bits per heavy atom. The summed E-state index contributed by atoms with van der Waals surface area (Å²) in [5.41, 5.74) is 0. The van der Waals surface area contributed by atoms with Gasteiger partial charge in [0.05, 0.1) is 18.0 Å². The van der Waals surface area contributed by atoms with Crippen LogP contribution in [0, 0.1) is 0 Å². The molecule has 2 aliphatic rings. The average Bonchev–Trinajstić information content (AvgIpc) is 2.87. The smallest absolute Gasteiger partial charge is 0.327 e. The van der Waals surface area contributed by atoms with E-state index in [1.807, 2.05) is 0 Å². The number of hydrogen-bond donors (Lipinski definition) is 2. The van der Waals surface area contributed by atoms with Gasteiger partial charge in [-0.3, -0.25) is 0 Å². The number of carboxylic acids is 1. The molecule has 2 rings (SSSR count). The zero-order valence-corrected chi connectivity index (χ0v) is 11.8. The molecular weight excluding hydrogens is 268 g/mol. The van der Waals surface area contributed by atoms with Crippen molar-refractivity contribution in [1.29, 1.82) is 0 Å². The van der Waals surface area contributed by atoms with Gasteiger partial charge in [-0.05, 0) is 12.8 Å². The maximum Gasteiger partial charge on any atom is 0.327 e. The molecule has 1 aliphatic carbocycles. The van der Waals surface area contributed by atoms with E-state index in [1.54, 1.807) is 7.05 Å². The number of hydrogen-bond acceptors (Lipinski definition) is 4. The van der Waals surface area contributed by atoms with E-state index >= 15 is 0 Å². The van der Waals surface area contributed by atoms with Gasteiger partial charge in [0.2, 0.25) is 0 Å². The van der Waals surface area contributed by atoms with Crippen molar-refractivity contribution in [2.45, 2.75) is 43.9 Å². The zero-order valence-electron chi connectivity index (χ0n) is 11.0. The van der Waals surface area contributed by atoms with Crippen molar-refractivity contribution in [3.8, 4) is 0 Å². The number of carbonyl (C=O) groups excluding carboxylic acids is 1. The Morgan fingerprint density at radius 2 is 2.00 bits per heavy atom. The Bertz CT molecular complexity index is 366. The van der Waals surface area contributed by atoms with Crippen LogP contribution < -0.4 is 0 Å². The number of aliphatic carboxylic acids is 1. The summed E-state index contributed by atoms with van der Waals surface area (Å²) in [6, 6.07) is -1.23. The quantitative estimate of drug-likeness (QED) is 0.785. The molecular formula is C12H20N2O4S. The fourth-order valence-corrected chi connectivity index (χ4v) is 3.86. The largest absolute Gasteiger partial charge is 0.480 e. The van der Waals surface area contributed by atoms with Crippen LogP contribution in [-0.2, 0) is 4.79 Å². The van der Waals surface area contributed by atoms with Crippen molar-refractivity contribution in [1.82, 2.24) is 9.80 Å². The fourth-order valence-electron chi connectivity index (χ4n) is 2.72. The minimum Gasteiger partial charge on any atom is -0.480 e. The van der Waals surface area contributed by atoms with E-state index in [4.69, 9.17) is 5.11 Å². The second-order valence-corrected chi connectivity index (χ2v) is 6.14. The highest BCUT2D eigenvalue weighted by atomic mass is 32.2. The van der Waals surface area contributed by atoms with E-state index in [-0.39, 0.29) is 12.1 Å². The van der Waals surface area contributed by atoms with Crippen LogP contribution in [0.15, 0.2) is 0 Å². The standard InChI is InChI=1S/C12H20N2O4S/c1-13(8-4-2-3-5-10(8)15)12(18)14-7-19-6-9(14)11(16)17/h8-10,15H,2-7H2,1H3,(H,16,17). The second kappa shape index (κ2) is 6.00. The van der Waals surface area contributed by atoms with Crippen LogP contribution in [0.3, 0.4) is 0 Å². The van der Waals surface area contributed by atoms with Crippen LogP contribution in [0.1, 0.15) is 25.7 Å². The van der Waals surface area contributed by atoms with Gasteiger partial charge in [-0.1, -0.05) is 12.8 Å². The first-order chi connectivity index (χ1) is 9.02. The van der Waals surface area contributed by atoms with E-state index < -0.39 is 18.1 Å². The molecule has 0 aromatic carbocycles. The fraction of sp³-hybridized carbons (Fsp3) is 0.833. The molecule has 3 unspecified atom stereocenters. The number of urea groups is 1. The molecule has 1 saturated heterocycles. The number of likely N-dealkylation sites (N-methyl/N-ethyl adjacent to an activating group) is 1. The Labute approximate surface area is 116 Å². The number of amides is 2. The highest BCUT2D eigenvalue weighted by molar-refractivity contribution is 7.99. The third-order valence-corrected chi connectivity index (χ3v) is 4.92.